The Balaban J connectivity index is 2.65. The highest BCUT2D eigenvalue weighted by Crippen LogP contribution is 2.22. The minimum absolute atomic E-state index is 0.0208. The first-order valence-corrected chi connectivity index (χ1v) is 5.39. The molecule has 1 aromatic heterocycles. The van der Waals surface area contributed by atoms with Crippen LogP contribution >= 0.6 is 0 Å². The zero-order chi connectivity index (χ0) is 15.1. The molecule has 8 nitrogen and oxygen atoms in total. The van der Waals surface area contributed by atoms with Crippen molar-refractivity contribution >= 4 is 17.5 Å². The Kier molecular flexibility index (Phi) is 5.72. The maximum Gasteiger partial charge on any atom is 0.337 e. The van der Waals surface area contributed by atoms with Gasteiger partial charge in [-0.2, -0.15) is 0 Å². The highest BCUT2D eigenvalue weighted by Gasteiger charge is 2.18. The molecule has 0 atom stereocenters. The molecule has 0 aromatic carbocycles. The fraction of sp³-hybridized carbons (Fsp3) is 0.400. The second-order valence-corrected chi connectivity index (χ2v) is 3.55. The number of alkyl halides is 2. The van der Waals surface area contributed by atoms with E-state index < -0.39 is 29.6 Å². The molecule has 0 amide bonds. The van der Waals surface area contributed by atoms with Gasteiger partial charge in [0, 0.05) is 18.8 Å². The molecule has 0 radical (unpaired) electrons. The predicted molar refractivity (Wildman–Crippen MR) is 63.2 cm³/mol. The van der Waals surface area contributed by atoms with Gasteiger partial charge in [-0.25, -0.2) is 18.6 Å². The van der Waals surface area contributed by atoms with Gasteiger partial charge in [0.1, 0.15) is 6.61 Å². The van der Waals surface area contributed by atoms with E-state index in [9.17, 15) is 23.7 Å². The van der Waals surface area contributed by atoms with Gasteiger partial charge in [0.2, 0.25) is 5.82 Å². The van der Waals surface area contributed by atoms with Crippen molar-refractivity contribution in [1.82, 2.24) is 4.98 Å². The maximum atomic E-state index is 11.8. The molecule has 1 aromatic rings. The smallest absolute Gasteiger partial charge is 0.337 e. The highest BCUT2D eigenvalue weighted by molar-refractivity contribution is 5.88. The molecule has 0 bridgehead atoms. The Morgan fingerprint density at radius 3 is 2.85 bits per heavy atom. The average Bonchev–Trinajstić information content (AvgIpc) is 2.37. The molecule has 0 aliphatic carbocycles. The SMILES string of the molecule is O=C(O)c1cnc(NCCOCC(F)F)c([N+](=O)[O-])c1. The van der Waals surface area contributed by atoms with Crippen LogP contribution in [0.25, 0.3) is 0 Å². The van der Waals surface area contributed by atoms with Crippen molar-refractivity contribution in [2.75, 3.05) is 25.1 Å². The number of carboxylic acids is 1. The van der Waals surface area contributed by atoms with Crippen molar-refractivity contribution in [3.8, 4) is 0 Å². The van der Waals surface area contributed by atoms with Crippen LogP contribution in [0.4, 0.5) is 20.3 Å². The summed E-state index contributed by atoms with van der Waals surface area (Å²) in [6, 6.07) is 0.859. The second-order valence-electron chi connectivity index (χ2n) is 3.55. The number of anilines is 1. The number of nitrogens with zero attached hydrogens (tertiary/aromatic N) is 2. The lowest BCUT2D eigenvalue weighted by atomic mass is 10.2. The molecular formula is C10H11F2N3O5. The van der Waals surface area contributed by atoms with Crippen LogP contribution in [0.15, 0.2) is 12.3 Å². The van der Waals surface area contributed by atoms with Crippen LogP contribution in [0.1, 0.15) is 10.4 Å². The Labute approximate surface area is 111 Å². The summed E-state index contributed by atoms with van der Waals surface area (Å²) < 4.78 is 28.1. The van der Waals surface area contributed by atoms with Crippen molar-refractivity contribution < 1.29 is 28.3 Å². The van der Waals surface area contributed by atoms with Crippen LogP contribution in [0, 0.1) is 10.1 Å². The molecule has 1 heterocycles. The summed E-state index contributed by atoms with van der Waals surface area (Å²) in [5.41, 5.74) is -0.838. The monoisotopic (exact) mass is 291 g/mol. The number of nitrogens with one attached hydrogen (secondary N) is 1. The van der Waals surface area contributed by atoms with E-state index in [2.05, 4.69) is 15.0 Å². The molecule has 0 saturated carbocycles. The third-order valence-electron chi connectivity index (χ3n) is 2.09. The van der Waals surface area contributed by atoms with Crippen molar-refractivity contribution in [2.45, 2.75) is 6.43 Å². The van der Waals surface area contributed by atoms with Crippen LogP contribution in [0.2, 0.25) is 0 Å². The topological polar surface area (TPSA) is 115 Å². The quantitative estimate of drug-likeness (QED) is 0.422. The Morgan fingerprint density at radius 1 is 1.60 bits per heavy atom. The standard InChI is InChI=1S/C10H11F2N3O5/c11-8(12)5-20-2-1-13-9-7(15(18)19)3-6(4-14-9)10(16)17/h3-4,8H,1-2,5H2,(H,13,14)(H,16,17). The number of nitro groups is 1. The lowest BCUT2D eigenvalue weighted by Gasteiger charge is -2.07. The van der Waals surface area contributed by atoms with Crippen LogP contribution < -0.4 is 5.32 Å². The van der Waals surface area contributed by atoms with Gasteiger partial charge in [-0.15, -0.1) is 0 Å². The lowest BCUT2D eigenvalue weighted by Crippen LogP contribution is -2.15. The van der Waals surface area contributed by atoms with E-state index in [-0.39, 0.29) is 24.5 Å². The summed E-state index contributed by atoms with van der Waals surface area (Å²) in [6.45, 7) is -0.800. The third-order valence-corrected chi connectivity index (χ3v) is 2.09. The Morgan fingerprint density at radius 2 is 2.30 bits per heavy atom. The minimum Gasteiger partial charge on any atom is -0.478 e. The van der Waals surface area contributed by atoms with Crippen LogP contribution in [0.3, 0.4) is 0 Å². The zero-order valence-electron chi connectivity index (χ0n) is 10.1. The van der Waals surface area contributed by atoms with Gasteiger partial charge >= 0.3 is 11.7 Å². The number of halogens is 2. The first-order valence-electron chi connectivity index (χ1n) is 5.39. The first-order chi connectivity index (χ1) is 9.41. The normalized spacial score (nSPS) is 10.6. The molecule has 2 N–H and O–H groups in total. The summed E-state index contributed by atoms with van der Waals surface area (Å²) >= 11 is 0. The summed E-state index contributed by atoms with van der Waals surface area (Å²) in [6.07, 6.45) is -1.63. The number of aromatic carboxylic acids is 1. The fourth-order valence-electron chi connectivity index (χ4n) is 1.26. The van der Waals surface area contributed by atoms with Crippen molar-refractivity contribution in [3.63, 3.8) is 0 Å². The average molecular weight is 291 g/mol. The molecular weight excluding hydrogens is 280 g/mol. The van der Waals surface area contributed by atoms with E-state index in [1.165, 1.54) is 0 Å². The van der Waals surface area contributed by atoms with Crippen molar-refractivity contribution in [1.29, 1.82) is 0 Å². The minimum atomic E-state index is -2.59. The molecule has 20 heavy (non-hydrogen) atoms. The number of hydrogen-bond donors (Lipinski definition) is 2. The molecule has 0 saturated heterocycles. The molecule has 0 unspecified atom stereocenters. The zero-order valence-corrected chi connectivity index (χ0v) is 10.1. The van der Waals surface area contributed by atoms with Gasteiger partial charge in [-0.1, -0.05) is 0 Å². The molecule has 1 rings (SSSR count). The molecule has 0 aliphatic rings. The van der Waals surface area contributed by atoms with Gasteiger partial charge in [-0.3, -0.25) is 10.1 Å². The molecule has 0 aliphatic heterocycles. The van der Waals surface area contributed by atoms with E-state index in [1.807, 2.05) is 0 Å². The van der Waals surface area contributed by atoms with Gasteiger partial charge in [0.15, 0.2) is 0 Å². The van der Waals surface area contributed by atoms with E-state index in [0.717, 1.165) is 12.3 Å². The van der Waals surface area contributed by atoms with Crippen molar-refractivity contribution in [2.24, 2.45) is 0 Å². The number of hydrogen-bond acceptors (Lipinski definition) is 6. The maximum absolute atomic E-state index is 11.8. The molecule has 10 heteroatoms. The van der Waals surface area contributed by atoms with Crippen LogP contribution in [-0.4, -0.2) is 47.2 Å². The molecule has 0 fully saturated rings. The molecule has 0 spiro atoms. The summed E-state index contributed by atoms with van der Waals surface area (Å²) in [5, 5.41) is 22.0. The summed E-state index contributed by atoms with van der Waals surface area (Å²) in [7, 11) is 0. The summed E-state index contributed by atoms with van der Waals surface area (Å²) in [4.78, 5) is 24.3. The van der Waals surface area contributed by atoms with Gasteiger partial charge in [0.25, 0.3) is 6.43 Å². The predicted octanol–water partition coefficient (Wildman–Crippen LogP) is 1.38. The number of pyridine rings is 1. The van der Waals surface area contributed by atoms with Gasteiger partial charge in [0.05, 0.1) is 17.1 Å². The van der Waals surface area contributed by atoms with Gasteiger partial charge in [-0.05, 0) is 0 Å². The van der Waals surface area contributed by atoms with E-state index >= 15 is 0 Å². The Hall–Kier alpha value is -2.36. The fourth-order valence-corrected chi connectivity index (χ4v) is 1.26. The second kappa shape index (κ2) is 7.28. The summed E-state index contributed by atoms with van der Waals surface area (Å²) in [5.74, 6) is -1.49. The highest BCUT2D eigenvalue weighted by atomic mass is 19.3. The van der Waals surface area contributed by atoms with Crippen molar-refractivity contribution in [3.05, 3.63) is 27.9 Å². The first kappa shape index (κ1) is 15.7. The number of carboxylic acid groups (broad SMARTS) is 1. The molecule has 110 valence electrons. The number of carbonyl (C=O) groups is 1. The van der Waals surface area contributed by atoms with E-state index in [1.54, 1.807) is 0 Å². The number of aromatic nitrogens is 1. The van der Waals surface area contributed by atoms with E-state index in [4.69, 9.17) is 5.11 Å². The third kappa shape index (κ3) is 4.72. The van der Waals surface area contributed by atoms with Gasteiger partial charge < -0.3 is 15.2 Å². The lowest BCUT2D eigenvalue weighted by molar-refractivity contribution is -0.384. The van der Waals surface area contributed by atoms with Crippen LogP contribution in [-0.2, 0) is 4.74 Å². The number of rotatable bonds is 8. The largest absolute Gasteiger partial charge is 0.478 e. The Bertz CT molecular complexity index is 498. The van der Waals surface area contributed by atoms with E-state index in [0.29, 0.717) is 0 Å². The number of ether oxygens (including phenoxy) is 1. The van der Waals surface area contributed by atoms with Crippen LogP contribution in [0.5, 0.6) is 0 Å².